The number of para-hydroxylation sites is 1. The lowest BCUT2D eigenvalue weighted by atomic mass is 10.1. The zero-order valence-electron chi connectivity index (χ0n) is 20.0. The molecule has 1 fully saturated rings. The number of aromatic nitrogens is 3. The van der Waals surface area contributed by atoms with Gasteiger partial charge in [-0.2, -0.15) is 0 Å². The maximum Gasteiger partial charge on any atom is 0.251 e. The van der Waals surface area contributed by atoms with Gasteiger partial charge < -0.3 is 15.2 Å². The van der Waals surface area contributed by atoms with Crippen molar-refractivity contribution in [3.63, 3.8) is 0 Å². The van der Waals surface area contributed by atoms with E-state index >= 15 is 0 Å². The van der Waals surface area contributed by atoms with E-state index in [-0.39, 0.29) is 11.7 Å². The lowest BCUT2D eigenvalue weighted by molar-refractivity contribution is 0.0951. The molecule has 0 spiro atoms. The van der Waals surface area contributed by atoms with Crippen LogP contribution < -0.4 is 10.2 Å². The number of imidazole rings is 1. The molecule has 3 heterocycles. The quantitative estimate of drug-likeness (QED) is 0.261. The van der Waals surface area contributed by atoms with Crippen LogP contribution in [-0.2, 0) is 5.75 Å². The lowest BCUT2D eigenvalue weighted by Gasteiger charge is -2.36. The van der Waals surface area contributed by atoms with Crippen molar-refractivity contribution in [3.8, 4) is 0 Å². The monoisotopic (exact) mass is 504 g/mol. The molecule has 0 aliphatic carbocycles. The molecule has 186 valence electrons. The SMILES string of the molecule is O=C(NCCCN1CCN(c2ccccc2F)CC1)c1ccc(CSc2nc3ccncc3[nH]2)cc1. The summed E-state index contributed by atoms with van der Waals surface area (Å²) in [6, 6.07) is 16.5. The number of hydrogen-bond acceptors (Lipinski definition) is 6. The van der Waals surface area contributed by atoms with E-state index in [4.69, 9.17) is 0 Å². The van der Waals surface area contributed by atoms with Crippen LogP contribution in [0.1, 0.15) is 22.3 Å². The molecule has 1 aliphatic rings. The molecule has 0 unspecified atom stereocenters. The molecule has 7 nitrogen and oxygen atoms in total. The molecule has 2 N–H and O–H groups in total. The second kappa shape index (κ2) is 11.5. The van der Waals surface area contributed by atoms with Gasteiger partial charge in [-0.3, -0.25) is 14.7 Å². The molecule has 2 aromatic carbocycles. The molecule has 1 aliphatic heterocycles. The van der Waals surface area contributed by atoms with E-state index in [1.54, 1.807) is 30.2 Å². The average molecular weight is 505 g/mol. The fraction of sp³-hybridized carbons (Fsp3) is 0.296. The third-order valence-corrected chi connectivity index (χ3v) is 7.30. The Morgan fingerprint density at radius 3 is 2.64 bits per heavy atom. The van der Waals surface area contributed by atoms with Crippen LogP contribution in [0.3, 0.4) is 0 Å². The number of H-pyrrole nitrogens is 1. The van der Waals surface area contributed by atoms with E-state index in [0.717, 1.165) is 66.7 Å². The van der Waals surface area contributed by atoms with E-state index in [1.165, 1.54) is 6.07 Å². The van der Waals surface area contributed by atoms with Crippen molar-refractivity contribution in [2.45, 2.75) is 17.3 Å². The normalized spacial score (nSPS) is 14.3. The molecule has 4 aromatic rings. The molecule has 1 saturated heterocycles. The van der Waals surface area contributed by atoms with Gasteiger partial charge in [0, 0.05) is 50.2 Å². The van der Waals surface area contributed by atoms with Crippen LogP contribution in [0.25, 0.3) is 11.0 Å². The number of benzene rings is 2. The highest BCUT2D eigenvalue weighted by Gasteiger charge is 2.19. The second-order valence-electron chi connectivity index (χ2n) is 8.81. The second-order valence-corrected chi connectivity index (χ2v) is 9.77. The first-order chi connectivity index (χ1) is 17.7. The van der Waals surface area contributed by atoms with E-state index in [0.29, 0.717) is 17.8 Å². The summed E-state index contributed by atoms with van der Waals surface area (Å²) in [5, 5.41) is 3.88. The van der Waals surface area contributed by atoms with Gasteiger partial charge in [0.1, 0.15) is 5.82 Å². The number of carbonyl (C=O) groups excluding carboxylic acids is 1. The number of nitrogens with one attached hydrogen (secondary N) is 2. The number of fused-ring (bicyclic) bond motifs is 1. The molecular formula is C27H29FN6OS. The molecule has 5 rings (SSSR count). The maximum atomic E-state index is 14.0. The summed E-state index contributed by atoms with van der Waals surface area (Å²) < 4.78 is 14.0. The minimum absolute atomic E-state index is 0.0524. The highest BCUT2D eigenvalue weighted by Crippen LogP contribution is 2.23. The number of rotatable bonds is 9. The number of pyridine rings is 1. The van der Waals surface area contributed by atoms with E-state index in [9.17, 15) is 9.18 Å². The number of thioether (sulfide) groups is 1. The fourth-order valence-corrected chi connectivity index (χ4v) is 5.17. The van der Waals surface area contributed by atoms with Crippen molar-refractivity contribution in [2.75, 3.05) is 44.2 Å². The van der Waals surface area contributed by atoms with Gasteiger partial charge in [-0.05, 0) is 48.9 Å². The van der Waals surface area contributed by atoms with Gasteiger partial charge in [0.2, 0.25) is 0 Å². The first-order valence-electron chi connectivity index (χ1n) is 12.2. The van der Waals surface area contributed by atoms with Crippen LogP contribution in [0, 0.1) is 5.82 Å². The number of piperazine rings is 1. The number of anilines is 1. The van der Waals surface area contributed by atoms with Crippen molar-refractivity contribution in [3.05, 3.63) is 83.9 Å². The Morgan fingerprint density at radius 1 is 1.06 bits per heavy atom. The van der Waals surface area contributed by atoms with Gasteiger partial charge in [0.25, 0.3) is 5.91 Å². The minimum atomic E-state index is -0.163. The summed E-state index contributed by atoms with van der Waals surface area (Å²) in [5.74, 6) is 0.548. The molecule has 0 atom stereocenters. The predicted octanol–water partition coefficient (Wildman–Crippen LogP) is 4.33. The van der Waals surface area contributed by atoms with Gasteiger partial charge in [0.15, 0.2) is 5.16 Å². The summed E-state index contributed by atoms with van der Waals surface area (Å²) in [6.45, 7) is 4.96. The van der Waals surface area contributed by atoms with Crippen molar-refractivity contribution >= 4 is 34.4 Å². The van der Waals surface area contributed by atoms with Crippen molar-refractivity contribution in [2.24, 2.45) is 0 Å². The highest BCUT2D eigenvalue weighted by molar-refractivity contribution is 7.98. The van der Waals surface area contributed by atoms with Crippen LogP contribution in [-0.4, -0.2) is 65.0 Å². The molecule has 0 bridgehead atoms. The zero-order chi connectivity index (χ0) is 24.7. The van der Waals surface area contributed by atoms with Crippen LogP contribution >= 0.6 is 11.8 Å². The Bertz CT molecular complexity index is 1270. The number of amides is 1. The minimum Gasteiger partial charge on any atom is -0.367 e. The van der Waals surface area contributed by atoms with Gasteiger partial charge in [-0.15, -0.1) is 0 Å². The van der Waals surface area contributed by atoms with Crippen LogP contribution in [0.2, 0.25) is 0 Å². The van der Waals surface area contributed by atoms with Gasteiger partial charge in [0.05, 0.1) is 22.9 Å². The standard InChI is InChI=1S/C27H29FN6OS/c28-22-4-1-2-5-25(22)34-16-14-33(15-17-34)13-3-11-30-26(35)21-8-6-20(7-9-21)19-36-27-31-23-10-12-29-18-24(23)32-27/h1-2,4-10,12,18H,3,11,13-17,19H2,(H,30,35)(H,31,32). The first-order valence-corrected chi connectivity index (χ1v) is 13.2. The molecule has 0 radical (unpaired) electrons. The summed E-state index contributed by atoms with van der Waals surface area (Å²) in [5.41, 5.74) is 4.31. The van der Waals surface area contributed by atoms with Crippen LogP contribution in [0.4, 0.5) is 10.1 Å². The van der Waals surface area contributed by atoms with Gasteiger partial charge in [-0.25, -0.2) is 9.37 Å². The summed E-state index contributed by atoms with van der Waals surface area (Å²) in [6.07, 6.45) is 4.39. The lowest BCUT2D eigenvalue weighted by Crippen LogP contribution is -2.47. The van der Waals surface area contributed by atoms with E-state index in [2.05, 4.69) is 30.1 Å². The largest absolute Gasteiger partial charge is 0.367 e. The first kappa shape index (κ1) is 24.3. The topological polar surface area (TPSA) is 77.2 Å². The summed E-state index contributed by atoms with van der Waals surface area (Å²) in [7, 11) is 0. The maximum absolute atomic E-state index is 14.0. The summed E-state index contributed by atoms with van der Waals surface area (Å²) >= 11 is 1.62. The number of aromatic amines is 1. The Hall–Kier alpha value is -3.43. The highest BCUT2D eigenvalue weighted by atomic mass is 32.2. The Balaban J connectivity index is 1.01. The molecule has 0 saturated carbocycles. The van der Waals surface area contributed by atoms with Crippen molar-refractivity contribution < 1.29 is 9.18 Å². The Kier molecular flexibility index (Phi) is 7.78. The van der Waals surface area contributed by atoms with Crippen molar-refractivity contribution in [1.82, 2.24) is 25.2 Å². The third kappa shape index (κ3) is 6.03. The van der Waals surface area contributed by atoms with Gasteiger partial charge in [-0.1, -0.05) is 36.0 Å². The smallest absolute Gasteiger partial charge is 0.251 e. The number of carbonyl (C=O) groups is 1. The third-order valence-electron chi connectivity index (χ3n) is 6.36. The van der Waals surface area contributed by atoms with E-state index in [1.807, 2.05) is 42.5 Å². The molecule has 1 amide bonds. The number of halogens is 1. The Morgan fingerprint density at radius 2 is 1.86 bits per heavy atom. The molecule has 9 heteroatoms. The van der Waals surface area contributed by atoms with Crippen molar-refractivity contribution in [1.29, 1.82) is 0 Å². The predicted molar refractivity (Wildman–Crippen MR) is 142 cm³/mol. The fourth-order valence-electron chi connectivity index (χ4n) is 4.33. The molecule has 36 heavy (non-hydrogen) atoms. The van der Waals surface area contributed by atoms with Crippen LogP contribution in [0.15, 0.2) is 72.1 Å². The number of nitrogens with zero attached hydrogens (tertiary/aromatic N) is 4. The van der Waals surface area contributed by atoms with E-state index < -0.39 is 0 Å². The zero-order valence-corrected chi connectivity index (χ0v) is 20.8. The Labute approximate surface area is 214 Å². The molecular weight excluding hydrogens is 475 g/mol. The average Bonchev–Trinajstić information content (AvgIpc) is 3.34. The number of hydrogen-bond donors (Lipinski definition) is 2. The summed E-state index contributed by atoms with van der Waals surface area (Å²) in [4.78, 5) is 28.9. The van der Waals surface area contributed by atoms with Gasteiger partial charge >= 0.3 is 0 Å². The van der Waals surface area contributed by atoms with Crippen LogP contribution in [0.5, 0.6) is 0 Å². The molecule has 2 aromatic heterocycles.